The van der Waals surface area contributed by atoms with E-state index in [1.165, 1.54) is 30.9 Å². The summed E-state index contributed by atoms with van der Waals surface area (Å²) >= 11 is 1.80. The van der Waals surface area contributed by atoms with Gasteiger partial charge in [0.2, 0.25) is 5.95 Å². The number of hydrogen-bond donors (Lipinski definition) is 0. The van der Waals surface area contributed by atoms with Crippen molar-refractivity contribution in [3.05, 3.63) is 164 Å². The first kappa shape index (κ1) is 28.2. The topological polar surface area (TPSA) is 48.5 Å². The van der Waals surface area contributed by atoms with Gasteiger partial charge in [-0.05, 0) is 48.5 Å². The zero-order chi connectivity index (χ0) is 33.5. The standard InChI is InChI=1S/C45H27N5S/c1-7-19-36-29(13-1)30-14-2-8-20-37(30)49(36)40-23-11-5-18-35(40)44-46-43(28-25-26-34-33-17-6-12-24-41(33)51-42(34)27-28)47-45(48-44)50-38-21-9-3-15-31(38)32-16-4-10-22-39(32)50/h1-27H. The zero-order valence-corrected chi connectivity index (χ0v) is 28.0. The van der Waals surface area contributed by atoms with Crippen LogP contribution in [0.15, 0.2) is 164 Å². The molecule has 4 aromatic heterocycles. The number of hydrogen-bond acceptors (Lipinski definition) is 4. The van der Waals surface area contributed by atoms with Crippen molar-refractivity contribution in [2.45, 2.75) is 0 Å². The van der Waals surface area contributed by atoms with E-state index in [0.29, 0.717) is 17.6 Å². The van der Waals surface area contributed by atoms with Gasteiger partial charge in [-0.1, -0.05) is 115 Å². The molecule has 0 fully saturated rings. The van der Waals surface area contributed by atoms with Crippen molar-refractivity contribution in [1.29, 1.82) is 0 Å². The van der Waals surface area contributed by atoms with E-state index in [9.17, 15) is 0 Å². The number of rotatable bonds is 4. The van der Waals surface area contributed by atoms with Crippen LogP contribution in [0.3, 0.4) is 0 Å². The Morgan fingerprint density at radius 1 is 0.373 bits per heavy atom. The van der Waals surface area contributed by atoms with E-state index in [4.69, 9.17) is 15.0 Å². The highest BCUT2D eigenvalue weighted by molar-refractivity contribution is 7.25. The summed E-state index contributed by atoms with van der Waals surface area (Å²) in [6.07, 6.45) is 0. The van der Waals surface area contributed by atoms with Gasteiger partial charge in [0.1, 0.15) is 0 Å². The second-order valence-corrected chi connectivity index (χ2v) is 13.9. The number of nitrogens with zero attached hydrogens (tertiary/aromatic N) is 5. The Hall–Kier alpha value is -6.63. The van der Waals surface area contributed by atoms with Crippen molar-refractivity contribution in [2.24, 2.45) is 0 Å². The Bertz CT molecular complexity index is 3060. The van der Waals surface area contributed by atoms with Crippen molar-refractivity contribution in [1.82, 2.24) is 24.1 Å². The summed E-state index contributed by atoms with van der Waals surface area (Å²) in [5.41, 5.74) is 7.28. The lowest BCUT2D eigenvalue weighted by Crippen LogP contribution is -2.07. The third-order valence-corrected chi connectivity index (χ3v) is 11.1. The van der Waals surface area contributed by atoms with E-state index >= 15 is 0 Å². The average Bonchev–Trinajstić information content (AvgIpc) is 3.85. The molecule has 0 spiro atoms. The quantitative estimate of drug-likeness (QED) is 0.187. The maximum atomic E-state index is 5.33. The molecule has 0 amide bonds. The van der Waals surface area contributed by atoms with Crippen molar-refractivity contribution >= 4 is 75.1 Å². The fraction of sp³-hybridized carbons (Fsp3) is 0. The van der Waals surface area contributed by atoms with Crippen LogP contribution in [0.25, 0.3) is 98.2 Å². The second kappa shape index (κ2) is 10.9. The Morgan fingerprint density at radius 3 is 1.51 bits per heavy atom. The van der Waals surface area contributed by atoms with Gasteiger partial charge in [-0.2, -0.15) is 9.97 Å². The molecule has 7 aromatic carbocycles. The minimum atomic E-state index is 0.584. The van der Waals surface area contributed by atoms with Gasteiger partial charge in [-0.15, -0.1) is 11.3 Å². The SMILES string of the molecule is c1ccc(-n2c3ccccc3c3ccccc32)c(-c2nc(-c3ccc4c(c3)sc3ccccc34)nc(-n3c4ccccc4c4ccccc43)n2)c1. The van der Waals surface area contributed by atoms with Crippen LogP contribution in [0.4, 0.5) is 0 Å². The maximum absolute atomic E-state index is 5.33. The zero-order valence-electron chi connectivity index (χ0n) is 27.2. The van der Waals surface area contributed by atoms with Crippen LogP contribution in [-0.2, 0) is 0 Å². The number of fused-ring (bicyclic) bond motifs is 9. The molecule has 0 saturated heterocycles. The van der Waals surface area contributed by atoms with Crippen LogP contribution in [0, 0.1) is 0 Å². The van der Waals surface area contributed by atoms with E-state index in [-0.39, 0.29) is 0 Å². The van der Waals surface area contributed by atoms with E-state index in [2.05, 4.69) is 173 Å². The van der Waals surface area contributed by atoms with Gasteiger partial charge >= 0.3 is 0 Å². The molecule has 238 valence electrons. The first-order valence-electron chi connectivity index (χ1n) is 17.0. The third kappa shape index (κ3) is 4.24. The van der Waals surface area contributed by atoms with Gasteiger partial charge in [0.15, 0.2) is 11.6 Å². The van der Waals surface area contributed by atoms with E-state index in [1.807, 2.05) is 0 Å². The van der Waals surface area contributed by atoms with Gasteiger partial charge < -0.3 is 4.57 Å². The molecule has 0 N–H and O–H groups in total. The van der Waals surface area contributed by atoms with Crippen molar-refractivity contribution in [2.75, 3.05) is 0 Å². The first-order valence-corrected chi connectivity index (χ1v) is 17.9. The van der Waals surface area contributed by atoms with Gasteiger partial charge in [0.05, 0.1) is 27.8 Å². The lowest BCUT2D eigenvalue weighted by Gasteiger charge is -2.15. The summed E-state index contributed by atoms with van der Waals surface area (Å²) in [7, 11) is 0. The monoisotopic (exact) mass is 669 g/mol. The lowest BCUT2D eigenvalue weighted by atomic mass is 10.1. The summed E-state index contributed by atoms with van der Waals surface area (Å²) in [5, 5.41) is 7.26. The second-order valence-electron chi connectivity index (χ2n) is 12.8. The summed E-state index contributed by atoms with van der Waals surface area (Å²) in [6, 6.07) is 57.8. The van der Waals surface area contributed by atoms with E-state index in [1.54, 1.807) is 11.3 Å². The number of para-hydroxylation sites is 5. The Balaban J connectivity index is 1.21. The Labute approximate surface area is 296 Å². The summed E-state index contributed by atoms with van der Waals surface area (Å²) in [5.74, 6) is 1.83. The molecule has 0 bridgehead atoms. The molecule has 0 atom stereocenters. The van der Waals surface area contributed by atoms with Crippen molar-refractivity contribution in [3.8, 4) is 34.4 Å². The summed E-state index contributed by atoms with van der Waals surface area (Å²) in [4.78, 5) is 15.9. The molecule has 5 nitrogen and oxygen atoms in total. The maximum Gasteiger partial charge on any atom is 0.238 e. The molecule has 0 aliphatic rings. The van der Waals surface area contributed by atoms with Gasteiger partial charge in [0, 0.05) is 52.8 Å². The molecule has 51 heavy (non-hydrogen) atoms. The molecule has 11 rings (SSSR count). The third-order valence-electron chi connectivity index (χ3n) is 10.0. The minimum Gasteiger partial charge on any atom is -0.309 e. The van der Waals surface area contributed by atoms with Crippen LogP contribution in [0.5, 0.6) is 0 Å². The number of aromatic nitrogens is 5. The molecule has 0 aliphatic carbocycles. The molecule has 0 aliphatic heterocycles. The van der Waals surface area contributed by atoms with E-state index < -0.39 is 0 Å². The Kier molecular flexibility index (Phi) is 6.05. The highest BCUT2D eigenvalue weighted by Crippen LogP contribution is 2.39. The predicted molar refractivity (Wildman–Crippen MR) is 212 cm³/mol. The van der Waals surface area contributed by atoms with Crippen LogP contribution >= 0.6 is 11.3 Å². The molecule has 6 heteroatoms. The fourth-order valence-corrected chi connectivity index (χ4v) is 8.90. The summed E-state index contributed by atoms with van der Waals surface area (Å²) in [6.45, 7) is 0. The van der Waals surface area contributed by atoms with Crippen LogP contribution in [0.1, 0.15) is 0 Å². The smallest absolute Gasteiger partial charge is 0.238 e. The molecule has 0 unspecified atom stereocenters. The van der Waals surface area contributed by atoms with Crippen molar-refractivity contribution in [3.63, 3.8) is 0 Å². The number of benzene rings is 7. The van der Waals surface area contributed by atoms with Crippen LogP contribution in [-0.4, -0.2) is 24.1 Å². The molecular weight excluding hydrogens is 643 g/mol. The number of thiophene rings is 1. The predicted octanol–water partition coefficient (Wildman–Crippen LogP) is 11.8. The highest BCUT2D eigenvalue weighted by atomic mass is 32.1. The summed E-state index contributed by atoms with van der Waals surface area (Å²) < 4.78 is 7.00. The molecule has 0 radical (unpaired) electrons. The first-order chi connectivity index (χ1) is 25.3. The fourth-order valence-electron chi connectivity index (χ4n) is 7.76. The highest BCUT2D eigenvalue weighted by Gasteiger charge is 2.21. The largest absolute Gasteiger partial charge is 0.309 e. The minimum absolute atomic E-state index is 0.584. The van der Waals surface area contributed by atoms with E-state index in [0.717, 1.165) is 49.7 Å². The molecule has 0 saturated carbocycles. The van der Waals surface area contributed by atoms with Crippen LogP contribution in [0.2, 0.25) is 0 Å². The van der Waals surface area contributed by atoms with Gasteiger partial charge in [-0.25, -0.2) is 4.98 Å². The molecule has 4 heterocycles. The van der Waals surface area contributed by atoms with Gasteiger partial charge in [0.25, 0.3) is 0 Å². The molecule has 11 aromatic rings. The van der Waals surface area contributed by atoms with Crippen LogP contribution < -0.4 is 0 Å². The van der Waals surface area contributed by atoms with Crippen molar-refractivity contribution < 1.29 is 0 Å². The molecular formula is C45H27N5S. The Morgan fingerprint density at radius 2 is 0.863 bits per heavy atom. The normalized spacial score (nSPS) is 11.9. The average molecular weight is 670 g/mol. The van der Waals surface area contributed by atoms with Gasteiger partial charge in [-0.3, -0.25) is 4.57 Å². The lowest BCUT2D eigenvalue weighted by molar-refractivity contribution is 0.952.